The summed E-state index contributed by atoms with van der Waals surface area (Å²) < 4.78 is 5.26. The summed E-state index contributed by atoms with van der Waals surface area (Å²) in [6.07, 6.45) is 0.833. The Labute approximate surface area is 129 Å². The second-order valence-corrected chi connectivity index (χ2v) is 8.12. The molecule has 21 heavy (non-hydrogen) atoms. The Kier molecular flexibility index (Phi) is 6.05. The van der Waals surface area contributed by atoms with Crippen LogP contribution in [0.1, 0.15) is 48.0 Å². The van der Waals surface area contributed by atoms with Gasteiger partial charge in [0.15, 0.2) is 0 Å². The van der Waals surface area contributed by atoms with E-state index in [1.165, 1.54) is 6.42 Å². The summed E-state index contributed by atoms with van der Waals surface area (Å²) in [4.78, 5) is 14.1. The van der Waals surface area contributed by atoms with Gasteiger partial charge in [0.2, 0.25) is 0 Å². The number of amides is 1. The zero-order chi connectivity index (χ0) is 16.3. The van der Waals surface area contributed by atoms with Gasteiger partial charge in [-0.1, -0.05) is 20.8 Å². The van der Waals surface area contributed by atoms with Crippen molar-refractivity contribution in [3.63, 3.8) is 0 Å². The van der Waals surface area contributed by atoms with E-state index >= 15 is 0 Å². The quantitative estimate of drug-likeness (QED) is 0.835. The summed E-state index contributed by atoms with van der Waals surface area (Å²) in [5.41, 5.74) is 5.75. The molecule has 2 atom stereocenters. The predicted molar refractivity (Wildman–Crippen MR) is 86.2 cm³/mol. The zero-order valence-corrected chi connectivity index (χ0v) is 14.5. The van der Waals surface area contributed by atoms with Crippen LogP contribution in [0.25, 0.3) is 0 Å². The van der Waals surface area contributed by atoms with Crippen molar-refractivity contribution in [3.05, 3.63) is 0 Å². The first-order chi connectivity index (χ1) is 9.53. The van der Waals surface area contributed by atoms with Crippen LogP contribution in [-0.2, 0) is 4.74 Å². The van der Waals surface area contributed by atoms with Crippen molar-refractivity contribution in [2.75, 3.05) is 26.2 Å². The number of nitrogens with two attached hydrogens (primary N) is 1. The number of alkyl carbamates (subject to hydrolysis) is 1. The molecule has 124 valence electrons. The minimum atomic E-state index is -0.465. The van der Waals surface area contributed by atoms with Crippen LogP contribution in [0, 0.1) is 11.3 Å². The molecule has 2 unspecified atom stereocenters. The molecule has 1 fully saturated rings. The Morgan fingerprint density at radius 1 is 1.33 bits per heavy atom. The van der Waals surface area contributed by atoms with E-state index in [-0.39, 0.29) is 12.1 Å². The Bertz CT molecular complexity index is 344. The van der Waals surface area contributed by atoms with Gasteiger partial charge >= 0.3 is 6.09 Å². The fourth-order valence-corrected chi connectivity index (χ4v) is 2.70. The van der Waals surface area contributed by atoms with Crippen molar-refractivity contribution in [2.24, 2.45) is 17.1 Å². The molecule has 1 aliphatic heterocycles. The lowest BCUT2D eigenvalue weighted by molar-refractivity contribution is 0.0510. The van der Waals surface area contributed by atoms with Gasteiger partial charge in [-0.3, -0.25) is 4.90 Å². The molecule has 1 amide bonds. The number of hydrogen-bond acceptors (Lipinski definition) is 4. The molecular formula is C16H33N3O2. The summed E-state index contributed by atoms with van der Waals surface area (Å²) >= 11 is 0. The molecule has 0 bridgehead atoms. The number of nitrogens with one attached hydrogen (secondary N) is 1. The minimum Gasteiger partial charge on any atom is -0.444 e. The van der Waals surface area contributed by atoms with E-state index in [0.29, 0.717) is 24.4 Å². The molecule has 1 rings (SSSR count). The van der Waals surface area contributed by atoms with E-state index in [4.69, 9.17) is 10.5 Å². The molecule has 1 saturated heterocycles. The summed E-state index contributed by atoms with van der Waals surface area (Å²) in [6, 6.07) is 0.185. The van der Waals surface area contributed by atoms with Crippen molar-refractivity contribution in [1.29, 1.82) is 0 Å². The molecule has 3 N–H and O–H groups in total. The van der Waals surface area contributed by atoms with E-state index in [1.807, 2.05) is 20.8 Å². The lowest BCUT2D eigenvalue weighted by Crippen LogP contribution is -2.48. The average molecular weight is 299 g/mol. The molecule has 0 aliphatic carbocycles. The first-order valence-electron chi connectivity index (χ1n) is 7.94. The summed E-state index contributed by atoms with van der Waals surface area (Å²) in [5, 5.41) is 2.84. The molecule has 0 saturated carbocycles. The maximum absolute atomic E-state index is 11.7. The third-order valence-electron chi connectivity index (χ3n) is 4.11. The van der Waals surface area contributed by atoms with Crippen molar-refractivity contribution in [2.45, 2.75) is 59.6 Å². The van der Waals surface area contributed by atoms with Gasteiger partial charge in [0.05, 0.1) is 0 Å². The maximum atomic E-state index is 11.7. The molecule has 1 aliphatic rings. The number of carbonyl (C=O) groups excluding carboxylic acids is 1. The van der Waals surface area contributed by atoms with Gasteiger partial charge in [-0.05, 0) is 45.1 Å². The lowest BCUT2D eigenvalue weighted by Gasteiger charge is -2.30. The first-order valence-corrected chi connectivity index (χ1v) is 7.94. The smallest absolute Gasteiger partial charge is 0.407 e. The first kappa shape index (κ1) is 18.2. The van der Waals surface area contributed by atoms with Crippen molar-refractivity contribution in [3.8, 4) is 0 Å². The molecular weight excluding hydrogens is 266 g/mol. The molecule has 5 heteroatoms. The Balaban J connectivity index is 2.44. The fraction of sp³-hybridized carbons (Fsp3) is 0.938. The monoisotopic (exact) mass is 299 g/mol. The zero-order valence-electron chi connectivity index (χ0n) is 14.5. The van der Waals surface area contributed by atoms with Gasteiger partial charge in [-0.2, -0.15) is 0 Å². The molecule has 0 spiro atoms. The molecule has 5 nitrogen and oxygen atoms in total. The number of nitrogens with zero attached hydrogens (tertiary/aromatic N) is 1. The predicted octanol–water partition coefficient (Wildman–Crippen LogP) is 2.21. The van der Waals surface area contributed by atoms with E-state index in [9.17, 15) is 4.79 Å². The number of carbonyl (C=O) groups is 1. The minimum absolute atomic E-state index is 0.185. The largest absolute Gasteiger partial charge is 0.444 e. The van der Waals surface area contributed by atoms with Crippen LogP contribution in [0.3, 0.4) is 0 Å². The third-order valence-corrected chi connectivity index (χ3v) is 4.11. The highest BCUT2D eigenvalue weighted by molar-refractivity contribution is 5.67. The van der Waals surface area contributed by atoms with Crippen molar-refractivity contribution >= 4 is 6.09 Å². The topological polar surface area (TPSA) is 67.6 Å². The van der Waals surface area contributed by atoms with Crippen LogP contribution < -0.4 is 11.1 Å². The highest BCUT2D eigenvalue weighted by Crippen LogP contribution is 2.34. The van der Waals surface area contributed by atoms with Crippen LogP contribution >= 0.6 is 0 Å². The van der Waals surface area contributed by atoms with E-state index in [0.717, 1.165) is 13.1 Å². The van der Waals surface area contributed by atoms with Crippen molar-refractivity contribution in [1.82, 2.24) is 10.2 Å². The van der Waals surface area contributed by atoms with Gasteiger partial charge in [0.25, 0.3) is 0 Å². The van der Waals surface area contributed by atoms with Crippen molar-refractivity contribution < 1.29 is 9.53 Å². The van der Waals surface area contributed by atoms with E-state index < -0.39 is 5.60 Å². The molecule has 0 radical (unpaired) electrons. The summed E-state index contributed by atoms with van der Waals surface area (Å²) in [5.74, 6) is 0.688. The van der Waals surface area contributed by atoms with Gasteiger partial charge < -0.3 is 15.8 Å². The number of ether oxygens (including phenoxy) is 1. The maximum Gasteiger partial charge on any atom is 0.407 e. The van der Waals surface area contributed by atoms with Gasteiger partial charge in [0, 0.05) is 25.7 Å². The van der Waals surface area contributed by atoms with Crippen LogP contribution in [0.4, 0.5) is 4.79 Å². The highest BCUT2D eigenvalue weighted by atomic mass is 16.6. The van der Waals surface area contributed by atoms with E-state index in [1.54, 1.807) is 0 Å². The highest BCUT2D eigenvalue weighted by Gasteiger charge is 2.34. The molecule has 0 aromatic rings. The fourth-order valence-electron chi connectivity index (χ4n) is 2.70. The number of hydrogen-bond donors (Lipinski definition) is 2. The SMILES string of the molecule is CC(C)(C)OC(=O)NCC(CN)N1CCC(C(C)(C)C)C1. The van der Waals surface area contributed by atoms with E-state index in [2.05, 4.69) is 31.0 Å². The van der Waals surface area contributed by atoms with Crippen LogP contribution in [-0.4, -0.2) is 48.8 Å². The van der Waals surface area contributed by atoms with Crippen LogP contribution in [0.2, 0.25) is 0 Å². The number of rotatable bonds is 4. The average Bonchev–Trinajstić information content (AvgIpc) is 2.76. The molecule has 0 aromatic carbocycles. The second kappa shape index (κ2) is 6.97. The van der Waals surface area contributed by atoms with Crippen LogP contribution in [0.5, 0.6) is 0 Å². The van der Waals surface area contributed by atoms with Gasteiger partial charge in [0.1, 0.15) is 5.60 Å². The Morgan fingerprint density at radius 2 is 1.95 bits per heavy atom. The summed E-state index contributed by atoms with van der Waals surface area (Å²) in [7, 11) is 0. The Morgan fingerprint density at radius 3 is 2.38 bits per heavy atom. The second-order valence-electron chi connectivity index (χ2n) is 8.12. The van der Waals surface area contributed by atoms with Gasteiger partial charge in [-0.15, -0.1) is 0 Å². The standard InChI is InChI=1S/C16H33N3O2/c1-15(2,3)12-7-8-19(11-12)13(9-17)10-18-14(20)21-16(4,5)6/h12-13H,7-11,17H2,1-6H3,(H,18,20). The lowest BCUT2D eigenvalue weighted by atomic mass is 9.80. The number of likely N-dealkylation sites (tertiary alicyclic amines) is 1. The molecule has 0 aromatic heterocycles. The summed E-state index contributed by atoms with van der Waals surface area (Å²) in [6.45, 7) is 15.7. The molecule has 1 heterocycles. The third kappa shape index (κ3) is 6.22. The van der Waals surface area contributed by atoms with Crippen LogP contribution in [0.15, 0.2) is 0 Å². The Hall–Kier alpha value is -0.810. The van der Waals surface area contributed by atoms with Gasteiger partial charge in [-0.25, -0.2) is 4.79 Å². The normalized spacial score (nSPS) is 22.1.